The van der Waals surface area contributed by atoms with Gasteiger partial charge in [0.05, 0.1) is 12.7 Å². The molecule has 1 aromatic heterocycles. The van der Waals surface area contributed by atoms with Crippen molar-refractivity contribution in [3.05, 3.63) is 144 Å². The van der Waals surface area contributed by atoms with Gasteiger partial charge < -0.3 is 34.3 Å². The number of methoxy groups -OCH3 is 1. The van der Waals surface area contributed by atoms with Crippen molar-refractivity contribution in [3.8, 4) is 28.5 Å². The lowest BCUT2D eigenvalue weighted by Gasteiger charge is -2.40. The normalized spacial score (nSPS) is 15.0. The Morgan fingerprint density at radius 1 is 0.804 bits per heavy atom. The van der Waals surface area contributed by atoms with Gasteiger partial charge in [0.25, 0.3) is 0 Å². The highest BCUT2D eigenvalue weighted by atomic mass is 16.6. The Balaban J connectivity index is 0.996. The van der Waals surface area contributed by atoms with E-state index in [1.807, 2.05) is 97.1 Å². The fraction of sp³-hybridized carbons (Fsp3) is 0.267. The maximum atomic E-state index is 13.8. The van der Waals surface area contributed by atoms with E-state index in [2.05, 4.69) is 49.9 Å². The number of hydrogen-bond donors (Lipinski definition) is 2. The lowest BCUT2D eigenvalue weighted by Crippen LogP contribution is -2.55. The zero-order valence-electron chi connectivity index (χ0n) is 31.5. The summed E-state index contributed by atoms with van der Waals surface area (Å²) in [6.07, 6.45) is 0.765. The van der Waals surface area contributed by atoms with E-state index < -0.39 is 6.04 Å². The van der Waals surface area contributed by atoms with Crippen LogP contribution in [0.1, 0.15) is 28.5 Å². The first kappa shape index (κ1) is 36.6. The number of nitrogens with zero attached hydrogens (tertiary/aromatic N) is 4. The molecule has 1 saturated heterocycles. The van der Waals surface area contributed by atoms with Gasteiger partial charge in [-0.15, -0.1) is 0 Å². The van der Waals surface area contributed by atoms with Crippen molar-refractivity contribution in [3.63, 3.8) is 0 Å². The number of rotatable bonds is 12. The van der Waals surface area contributed by atoms with Crippen molar-refractivity contribution in [1.82, 2.24) is 25.6 Å². The van der Waals surface area contributed by atoms with Gasteiger partial charge in [0.2, 0.25) is 5.91 Å². The summed E-state index contributed by atoms with van der Waals surface area (Å²) >= 11 is 0. The lowest BCUT2D eigenvalue weighted by atomic mass is 10.0. The molecule has 8 rings (SSSR count). The van der Waals surface area contributed by atoms with Gasteiger partial charge in [-0.2, -0.15) is 0 Å². The van der Waals surface area contributed by atoms with Crippen molar-refractivity contribution in [1.29, 1.82) is 0 Å². The van der Waals surface area contributed by atoms with E-state index in [4.69, 9.17) is 23.7 Å². The molecule has 11 nitrogen and oxygen atoms in total. The van der Waals surface area contributed by atoms with Crippen LogP contribution in [0.3, 0.4) is 0 Å². The van der Waals surface area contributed by atoms with Crippen LogP contribution in [-0.4, -0.2) is 79.9 Å². The summed E-state index contributed by atoms with van der Waals surface area (Å²) in [6.45, 7) is 5.25. The highest BCUT2D eigenvalue weighted by molar-refractivity contribution is 5.99. The van der Waals surface area contributed by atoms with Gasteiger partial charge >= 0.3 is 0 Å². The van der Waals surface area contributed by atoms with Gasteiger partial charge in [-0.1, -0.05) is 102 Å². The van der Waals surface area contributed by atoms with Crippen LogP contribution in [0.2, 0.25) is 0 Å². The molecule has 3 heterocycles. The molecule has 0 bridgehead atoms. The molecule has 1 atom stereocenters. The number of aromatic nitrogens is 1. The van der Waals surface area contributed by atoms with Gasteiger partial charge in [0.15, 0.2) is 23.2 Å². The number of piperazine rings is 1. The van der Waals surface area contributed by atoms with E-state index in [1.54, 1.807) is 7.11 Å². The van der Waals surface area contributed by atoms with Crippen LogP contribution >= 0.6 is 0 Å². The second kappa shape index (κ2) is 17.4. The summed E-state index contributed by atoms with van der Waals surface area (Å²) in [4.78, 5) is 23.4. The van der Waals surface area contributed by atoms with Crippen LogP contribution in [-0.2, 0) is 24.3 Å². The van der Waals surface area contributed by atoms with Crippen LogP contribution in [0, 0.1) is 0 Å². The van der Waals surface area contributed by atoms with E-state index in [0.29, 0.717) is 70.5 Å². The van der Waals surface area contributed by atoms with E-state index in [1.165, 1.54) is 0 Å². The maximum absolute atomic E-state index is 13.8. The predicted molar refractivity (Wildman–Crippen MR) is 217 cm³/mol. The molecule has 11 heteroatoms. The minimum atomic E-state index is -0.413. The van der Waals surface area contributed by atoms with Crippen molar-refractivity contribution in [2.45, 2.75) is 25.6 Å². The number of guanidine groups is 1. The van der Waals surface area contributed by atoms with E-state index in [9.17, 15) is 4.79 Å². The SMILES string of the molecule is COc1ccc2ccccc2c1-c1cc(CN=C(NCCc2ccc3c(c2)OCCO3)N2CCN(C(C(=O)NCc3ccccc3)c3ccccc3)CC2)on1. The maximum Gasteiger partial charge on any atom is 0.242 e. The van der Waals surface area contributed by atoms with Crippen LogP contribution in [0.5, 0.6) is 17.2 Å². The summed E-state index contributed by atoms with van der Waals surface area (Å²) in [7, 11) is 1.67. The highest BCUT2D eigenvalue weighted by Crippen LogP contribution is 2.37. The standard InChI is InChI=1S/C45H46N6O5/c1-53-40-19-17-34-12-8-9-15-37(34)42(40)38-29-36(56-49-38)31-48-45(46-21-20-32-16-18-39-41(28-32)55-27-26-54-39)51-24-22-50(23-25-51)43(35-13-6-3-7-14-35)44(52)47-30-33-10-4-2-5-11-33/h2-19,28-29,43H,20-27,30-31H2,1H3,(H,46,48)(H,47,52). The molecular formula is C45H46N6O5. The second-order valence-corrected chi connectivity index (χ2v) is 13.9. The van der Waals surface area contributed by atoms with Gasteiger partial charge in [-0.3, -0.25) is 9.69 Å². The van der Waals surface area contributed by atoms with Crippen LogP contribution in [0.15, 0.2) is 131 Å². The quantitative estimate of drug-likeness (QED) is 0.105. The first-order valence-corrected chi connectivity index (χ1v) is 19.2. The minimum Gasteiger partial charge on any atom is -0.496 e. The number of carbonyl (C=O) groups is 1. The molecule has 1 unspecified atom stereocenters. The number of benzene rings is 5. The molecule has 286 valence electrons. The zero-order chi connectivity index (χ0) is 38.1. The molecule has 2 aliphatic rings. The molecule has 2 N–H and O–H groups in total. The molecule has 6 aromatic rings. The average molecular weight is 751 g/mol. The van der Waals surface area contributed by atoms with Crippen LogP contribution in [0.25, 0.3) is 22.0 Å². The van der Waals surface area contributed by atoms with E-state index in [-0.39, 0.29) is 5.91 Å². The molecule has 0 spiro atoms. The number of aliphatic imine (C=N–C) groups is 1. The fourth-order valence-corrected chi connectivity index (χ4v) is 7.41. The summed E-state index contributed by atoms with van der Waals surface area (Å²) < 4.78 is 23.2. The van der Waals surface area contributed by atoms with Gasteiger partial charge in [0.1, 0.15) is 37.2 Å². The van der Waals surface area contributed by atoms with Crippen molar-refractivity contribution in [2.75, 3.05) is 53.0 Å². The summed E-state index contributed by atoms with van der Waals surface area (Å²) in [6, 6.07) is 39.9. The Bertz CT molecular complexity index is 2270. The third-order valence-electron chi connectivity index (χ3n) is 10.3. The van der Waals surface area contributed by atoms with Gasteiger partial charge in [-0.25, -0.2) is 4.99 Å². The number of fused-ring (bicyclic) bond motifs is 2. The number of carbonyl (C=O) groups excluding carboxylic acids is 1. The smallest absolute Gasteiger partial charge is 0.242 e. The summed E-state index contributed by atoms with van der Waals surface area (Å²) in [5, 5.41) is 13.4. The van der Waals surface area contributed by atoms with Crippen molar-refractivity contribution >= 4 is 22.6 Å². The number of amides is 1. The molecule has 1 amide bonds. The van der Waals surface area contributed by atoms with Gasteiger partial charge in [0, 0.05) is 45.3 Å². The summed E-state index contributed by atoms with van der Waals surface area (Å²) in [5.41, 5.74) is 4.77. The molecule has 5 aromatic carbocycles. The molecule has 2 aliphatic heterocycles. The average Bonchev–Trinajstić information content (AvgIpc) is 3.73. The largest absolute Gasteiger partial charge is 0.496 e. The lowest BCUT2D eigenvalue weighted by molar-refractivity contribution is -0.127. The van der Waals surface area contributed by atoms with Crippen molar-refractivity contribution in [2.24, 2.45) is 4.99 Å². The zero-order valence-corrected chi connectivity index (χ0v) is 31.5. The molecule has 56 heavy (non-hydrogen) atoms. The molecule has 0 saturated carbocycles. The Labute approximate surface area is 326 Å². The number of ether oxygens (including phenoxy) is 3. The Morgan fingerprint density at radius 2 is 1.55 bits per heavy atom. The topological polar surface area (TPSA) is 114 Å². The molecule has 1 fully saturated rings. The predicted octanol–water partition coefficient (Wildman–Crippen LogP) is 6.64. The highest BCUT2D eigenvalue weighted by Gasteiger charge is 2.31. The Morgan fingerprint density at radius 3 is 2.36 bits per heavy atom. The molecule has 0 radical (unpaired) electrons. The van der Waals surface area contributed by atoms with Gasteiger partial charge in [-0.05, 0) is 52.1 Å². The monoisotopic (exact) mass is 750 g/mol. The number of nitrogens with one attached hydrogen (secondary N) is 2. The minimum absolute atomic E-state index is 0.0103. The van der Waals surface area contributed by atoms with Crippen molar-refractivity contribution < 1.29 is 23.5 Å². The third kappa shape index (κ3) is 8.48. The fourth-order valence-electron chi connectivity index (χ4n) is 7.41. The van der Waals surface area contributed by atoms with Crippen LogP contribution in [0.4, 0.5) is 0 Å². The Kier molecular flexibility index (Phi) is 11.4. The van der Waals surface area contributed by atoms with Crippen LogP contribution < -0.4 is 24.8 Å². The Hall–Kier alpha value is -6.33. The first-order valence-electron chi connectivity index (χ1n) is 19.2. The van der Waals surface area contributed by atoms with E-state index in [0.717, 1.165) is 62.7 Å². The van der Waals surface area contributed by atoms with E-state index >= 15 is 0 Å². The first-order chi connectivity index (χ1) is 27.6. The summed E-state index contributed by atoms with van der Waals surface area (Å²) in [5.74, 6) is 3.69. The molecule has 0 aliphatic carbocycles. The third-order valence-corrected chi connectivity index (χ3v) is 10.3. The molecular weight excluding hydrogens is 705 g/mol. The second-order valence-electron chi connectivity index (χ2n) is 13.9. The number of hydrogen-bond acceptors (Lipinski definition) is 8.